The summed E-state index contributed by atoms with van der Waals surface area (Å²) >= 11 is 0. The lowest BCUT2D eigenvalue weighted by Crippen LogP contribution is -2.10. The van der Waals surface area contributed by atoms with Crippen LogP contribution >= 0.6 is 0 Å². The summed E-state index contributed by atoms with van der Waals surface area (Å²) < 4.78 is 89.0. The molecule has 0 N–H and O–H groups in total. The van der Waals surface area contributed by atoms with Crippen molar-refractivity contribution in [3.8, 4) is 16.8 Å². The Morgan fingerprint density at radius 1 is 0.472 bits per heavy atom. The van der Waals surface area contributed by atoms with Crippen LogP contribution in [-0.4, -0.2) is 4.57 Å². The molecule has 0 aliphatic carbocycles. The Labute approximate surface area is 318 Å². The zero-order valence-electron chi connectivity index (χ0n) is 37.1. The van der Waals surface area contributed by atoms with Crippen LogP contribution in [0.2, 0.25) is 0 Å². The largest absolute Gasteiger partial charge is 0.455 e. The molecule has 3 nitrogen and oxygen atoms in total. The van der Waals surface area contributed by atoms with Crippen molar-refractivity contribution in [2.75, 3.05) is 4.90 Å². The van der Waals surface area contributed by atoms with Gasteiger partial charge in [-0.2, -0.15) is 0 Å². The third kappa shape index (κ3) is 4.61. The van der Waals surface area contributed by atoms with Crippen molar-refractivity contribution >= 4 is 82.4 Å². The molecule has 0 radical (unpaired) electrons. The van der Waals surface area contributed by atoms with Crippen LogP contribution in [0.25, 0.3) is 82.1 Å². The van der Waals surface area contributed by atoms with Crippen LogP contribution in [0.4, 0.5) is 17.1 Å². The Bertz CT molecular complexity index is 3630. The van der Waals surface area contributed by atoms with Gasteiger partial charge in [0.2, 0.25) is 0 Å². The van der Waals surface area contributed by atoms with E-state index in [9.17, 15) is 2.74 Å². The lowest BCUT2D eigenvalue weighted by atomic mass is 9.98. The molecule has 0 amide bonds. The van der Waals surface area contributed by atoms with Gasteiger partial charge in [-0.25, -0.2) is 0 Å². The molecule has 2 heterocycles. The molecule has 11 rings (SSSR count). The third-order valence-corrected chi connectivity index (χ3v) is 10.1. The molecule has 0 spiro atoms. The average molecular weight is 686 g/mol. The summed E-state index contributed by atoms with van der Waals surface area (Å²) in [4.78, 5) is 1.80. The quantitative estimate of drug-likeness (QED) is 0.180. The molecule has 0 saturated heterocycles. The van der Waals surface area contributed by atoms with Gasteiger partial charge >= 0.3 is 0 Å². The van der Waals surface area contributed by atoms with Crippen molar-refractivity contribution < 1.29 is 16.8 Å². The second-order valence-corrected chi connectivity index (χ2v) is 13.0. The van der Waals surface area contributed by atoms with Crippen LogP contribution < -0.4 is 4.90 Å². The van der Waals surface area contributed by atoms with E-state index >= 15 is 0 Å². The fourth-order valence-electron chi connectivity index (χ4n) is 7.75. The topological polar surface area (TPSA) is 21.3 Å². The highest BCUT2D eigenvalue weighted by atomic mass is 16.3. The number of para-hydroxylation sites is 2. The maximum Gasteiger partial charge on any atom is 0.143 e. The van der Waals surface area contributed by atoms with Crippen LogP contribution in [0, 0.1) is 0 Å². The number of rotatable bonds is 5. The summed E-state index contributed by atoms with van der Waals surface area (Å²) in [7, 11) is 0. The molecule has 0 atom stereocenters. The summed E-state index contributed by atoms with van der Waals surface area (Å²) in [5.74, 6) is 0. The van der Waals surface area contributed by atoms with Crippen LogP contribution in [-0.2, 0) is 0 Å². The van der Waals surface area contributed by atoms with Crippen molar-refractivity contribution in [2.45, 2.75) is 0 Å². The van der Waals surface area contributed by atoms with Gasteiger partial charge in [0.15, 0.2) is 0 Å². The summed E-state index contributed by atoms with van der Waals surface area (Å²) in [6.45, 7) is 0. The standard InChI is InChI=1S/C50H32N2O/c1-3-14-39-33(11-1)13-9-18-40(39)35-23-26-36(27-24-35)51(47-21-10-22-48-49(47)44-32-25-34-12-2-4-15-41(34)50(44)53-48)37-28-30-38(31-29-37)52-45-19-7-5-16-42(45)43-17-6-8-20-46(43)52/h1-32H/i2D,4D,10D,12D,15D,21D,22D,25D,32D. The fraction of sp³-hybridized carbons (Fsp3) is 0. The van der Waals surface area contributed by atoms with E-state index in [2.05, 4.69) is 53.1 Å². The van der Waals surface area contributed by atoms with E-state index in [1.54, 1.807) is 4.90 Å². The van der Waals surface area contributed by atoms with Gasteiger partial charge in [-0.3, -0.25) is 0 Å². The van der Waals surface area contributed by atoms with E-state index in [1.807, 2.05) is 91.0 Å². The zero-order valence-corrected chi connectivity index (χ0v) is 28.1. The summed E-state index contributed by atoms with van der Waals surface area (Å²) in [5.41, 5.74) is 6.00. The first-order chi connectivity index (χ1) is 30.0. The van der Waals surface area contributed by atoms with Crippen LogP contribution in [0.15, 0.2) is 198 Å². The number of fused-ring (bicyclic) bond motifs is 9. The number of nitrogens with zero attached hydrogens (tertiary/aromatic N) is 2. The number of hydrogen-bond acceptors (Lipinski definition) is 2. The normalized spacial score (nSPS) is 14.2. The van der Waals surface area contributed by atoms with Gasteiger partial charge in [0.1, 0.15) is 11.2 Å². The van der Waals surface area contributed by atoms with Gasteiger partial charge in [-0.1, -0.05) is 127 Å². The molecule has 248 valence electrons. The van der Waals surface area contributed by atoms with E-state index in [4.69, 9.17) is 14.0 Å². The fourth-order valence-corrected chi connectivity index (χ4v) is 7.75. The molecule has 0 aliphatic rings. The van der Waals surface area contributed by atoms with Gasteiger partial charge in [0.25, 0.3) is 0 Å². The number of anilines is 3. The van der Waals surface area contributed by atoms with Gasteiger partial charge in [-0.15, -0.1) is 0 Å². The van der Waals surface area contributed by atoms with E-state index in [-0.39, 0.29) is 50.5 Å². The maximum absolute atomic E-state index is 9.57. The number of furan rings is 1. The molecule has 9 aromatic carbocycles. The summed E-state index contributed by atoms with van der Waals surface area (Å²) in [6.07, 6.45) is 0. The second kappa shape index (κ2) is 11.7. The lowest BCUT2D eigenvalue weighted by Gasteiger charge is -2.27. The molecule has 0 aliphatic heterocycles. The predicted octanol–water partition coefficient (Wildman–Crippen LogP) is 14.1. The maximum atomic E-state index is 9.57. The highest BCUT2D eigenvalue weighted by Crippen LogP contribution is 2.45. The molecule has 3 heteroatoms. The molecule has 2 aromatic heterocycles. The minimum atomic E-state index is -0.544. The Kier molecular flexibility index (Phi) is 4.86. The molecule has 0 fully saturated rings. The Balaban J connectivity index is 1.20. The molecule has 11 aromatic rings. The molecule has 0 saturated carbocycles. The van der Waals surface area contributed by atoms with Gasteiger partial charge in [0.05, 0.1) is 34.4 Å². The summed E-state index contributed by atoms with van der Waals surface area (Å²) in [5, 5.41) is 4.26. The SMILES string of the molecule is [2H]c1c([2H])c(N(c2ccc(-c3cccc4ccccc34)cc2)c2ccc(-n3c4ccccc4c4ccccc43)cc2)c2c(oc3c4c([2H])c([2H])c([2H])c([2H])c4c([2H])c([2H])c32)c1[2H]. The Morgan fingerprint density at radius 3 is 1.91 bits per heavy atom. The monoisotopic (exact) mass is 685 g/mol. The van der Waals surface area contributed by atoms with Gasteiger partial charge < -0.3 is 13.9 Å². The molecule has 53 heavy (non-hydrogen) atoms. The molecule has 0 unspecified atom stereocenters. The minimum Gasteiger partial charge on any atom is -0.455 e. The highest BCUT2D eigenvalue weighted by Gasteiger charge is 2.21. The molecular weight excluding hydrogens is 645 g/mol. The van der Waals surface area contributed by atoms with E-state index in [1.165, 1.54) is 0 Å². The first kappa shape index (κ1) is 22.0. The number of benzene rings is 9. The average Bonchev–Trinajstić information content (AvgIpc) is 3.86. The molecular formula is C50H32N2O. The second-order valence-electron chi connectivity index (χ2n) is 13.0. The van der Waals surface area contributed by atoms with Crippen molar-refractivity contribution in [3.63, 3.8) is 0 Å². The van der Waals surface area contributed by atoms with Gasteiger partial charge in [0, 0.05) is 38.6 Å². The molecule has 0 bridgehead atoms. The first-order valence-corrected chi connectivity index (χ1v) is 17.4. The van der Waals surface area contributed by atoms with Crippen molar-refractivity contribution in [3.05, 3.63) is 194 Å². The first-order valence-electron chi connectivity index (χ1n) is 21.9. The van der Waals surface area contributed by atoms with Crippen LogP contribution in [0.3, 0.4) is 0 Å². The summed E-state index contributed by atoms with van der Waals surface area (Å²) in [6, 6.07) is 42.4. The zero-order chi connectivity index (χ0) is 42.7. The smallest absolute Gasteiger partial charge is 0.143 e. The van der Waals surface area contributed by atoms with Crippen LogP contribution in [0.5, 0.6) is 0 Å². The van der Waals surface area contributed by atoms with Crippen molar-refractivity contribution in [1.29, 1.82) is 0 Å². The van der Waals surface area contributed by atoms with Gasteiger partial charge in [-0.05, 0) is 93.9 Å². The van der Waals surface area contributed by atoms with E-state index in [0.29, 0.717) is 11.4 Å². The van der Waals surface area contributed by atoms with E-state index in [0.717, 1.165) is 49.4 Å². The lowest BCUT2D eigenvalue weighted by molar-refractivity contribution is 0.672. The van der Waals surface area contributed by atoms with Crippen LogP contribution in [0.1, 0.15) is 12.3 Å². The number of hydrogen-bond donors (Lipinski definition) is 0. The van der Waals surface area contributed by atoms with E-state index < -0.39 is 42.3 Å². The van der Waals surface area contributed by atoms with Crippen molar-refractivity contribution in [2.24, 2.45) is 0 Å². The highest BCUT2D eigenvalue weighted by molar-refractivity contribution is 6.19. The van der Waals surface area contributed by atoms with Crippen molar-refractivity contribution in [1.82, 2.24) is 4.57 Å². The third-order valence-electron chi connectivity index (χ3n) is 10.1. The minimum absolute atomic E-state index is 0.0128. The Morgan fingerprint density at radius 2 is 1.13 bits per heavy atom. The Hall–Kier alpha value is -7.10. The number of aromatic nitrogens is 1. The predicted molar refractivity (Wildman–Crippen MR) is 223 cm³/mol.